The molecule has 0 aliphatic carbocycles. The maximum Gasteiger partial charge on any atom is 0.344 e. The van der Waals surface area contributed by atoms with Crippen LogP contribution in [0.15, 0.2) is 46.1 Å². The Labute approximate surface area is 167 Å². The Hall–Kier alpha value is -3.62. The van der Waals surface area contributed by atoms with Gasteiger partial charge in [0.25, 0.3) is 0 Å². The van der Waals surface area contributed by atoms with E-state index in [2.05, 4.69) is 15.8 Å². The van der Waals surface area contributed by atoms with Gasteiger partial charge < -0.3 is 24.6 Å². The van der Waals surface area contributed by atoms with Crippen molar-refractivity contribution < 1.29 is 28.4 Å². The molecule has 2 N–H and O–H groups in total. The number of nitrogens with zero attached hydrogens (tertiary/aromatic N) is 1. The third kappa shape index (κ3) is 4.29. The fraction of sp³-hybridized carbons (Fsp3) is 0.300. The van der Waals surface area contributed by atoms with Crippen LogP contribution in [0, 0.1) is 6.92 Å². The number of carbonyl (C=O) groups is 3. The Morgan fingerprint density at radius 3 is 2.59 bits per heavy atom. The quantitative estimate of drug-likeness (QED) is 0.715. The fourth-order valence-electron chi connectivity index (χ4n) is 3.01. The summed E-state index contributed by atoms with van der Waals surface area (Å²) in [6, 6.07) is 7.98. The van der Waals surface area contributed by atoms with Gasteiger partial charge >= 0.3 is 18.0 Å². The van der Waals surface area contributed by atoms with E-state index >= 15 is 0 Å². The summed E-state index contributed by atoms with van der Waals surface area (Å²) < 4.78 is 15.6. The number of ether oxygens (including phenoxy) is 2. The summed E-state index contributed by atoms with van der Waals surface area (Å²) in [5.41, 5.74) is 1.61. The van der Waals surface area contributed by atoms with Crippen LogP contribution in [0.5, 0.6) is 0 Å². The lowest BCUT2D eigenvalue weighted by atomic mass is 10.0. The van der Waals surface area contributed by atoms with Crippen molar-refractivity contribution in [3.8, 4) is 11.3 Å². The Morgan fingerprint density at radius 2 is 1.90 bits per heavy atom. The van der Waals surface area contributed by atoms with Crippen LogP contribution in [-0.2, 0) is 14.3 Å². The van der Waals surface area contributed by atoms with Gasteiger partial charge in [0, 0.05) is 5.56 Å². The number of amides is 2. The summed E-state index contributed by atoms with van der Waals surface area (Å²) >= 11 is 0. The lowest BCUT2D eigenvalue weighted by Crippen LogP contribution is -2.50. The third-order valence-electron chi connectivity index (χ3n) is 4.33. The number of hydrogen-bond acceptors (Lipinski definition) is 7. The first-order valence-corrected chi connectivity index (χ1v) is 9.08. The molecule has 0 spiro atoms. The molecule has 1 aliphatic rings. The molecule has 0 bridgehead atoms. The minimum absolute atomic E-state index is 0.170. The highest BCUT2D eigenvalue weighted by molar-refractivity contribution is 5.98. The minimum atomic E-state index is -0.682. The molecular weight excluding hydrogens is 378 g/mol. The highest BCUT2D eigenvalue weighted by atomic mass is 16.5. The van der Waals surface area contributed by atoms with E-state index in [0.29, 0.717) is 17.0 Å². The molecule has 3 rings (SSSR count). The first-order chi connectivity index (χ1) is 13.9. The molecule has 2 aromatic rings. The summed E-state index contributed by atoms with van der Waals surface area (Å²) in [6.07, 6.45) is 0. The summed E-state index contributed by atoms with van der Waals surface area (Å²) in [7, 11) is 0. The number of urea groups is 1. The topological polar surface area (TPSA) is 120 Å². The van der Waals surface area contributed by atoms with Crippen LogP contribution in [0.25, 0.3) is 11.3 Å². The van der Waals surface area contributed by atoms with Crippen LogP contribution in [-0.4, -0.2) is 42.4 Å². The van der Waals surface area contributed by atoms with Crippen LogP contribution >= 0.6 is 0 Å². The van der Waals surface area contributed by atoms with E-state index in [1.807, 2.05) is 18.2 Å². The molecule has 2 amide bonds. The highest BCUT2D eigenvalue weighted by Crippen LogP contribution is 2.26. The zero-order valence-corrected chi connectivity index (χ0v) is 16.3. The molecule has 0 radical (unpaired) electrons. The van der Waals surface area contributed by atoms with Crippen molar-refractivity contribution in [3.63, 3.8) is 0 Å². The van der Waals surface area contributed by atoms with E-state index < -0.39 is 24.0 Å². The minimum Gasteiger partial charge on any atom is -0.463 e. The SMILES string of the molecule is CCOC(=O)C1=C(COC(=O)c2c(-c3ccccc3)noc2C)NC(=O)N[C@H]1C. The molecule has 0 saturated carbocycles. The normalized spacial score (nSPS) is 16.1. The molecule has 1 atom stereocenters. The Balaban J connectivity index is 1.84. The van der Waals surface area contributed by atoms with Gasteiger partial charge in [0.05, 0.1) is 23.9 Å². The van der Waals surface area contributed by atoms with Gasteiger partial charge in [-0.25, -0.2) is 14.4 Å². The molecular formula is C20H21N3O6. The molecule has 29 heavy (non-hydrogen) atoms. The average Bonchev–Trinajstić information content (AvgIpc) is 3.08. The van der Waals surface area contributed by atoms with Crippen molar-refractivity contribution in [2.75, 3.05) is 13.2 Å². The Morgan fingerprint density at radius 1 is 1.17 bits per heavy atom. The molecule has 9 heteroatoms. The van der Waals surface area contributed by atoms with Crippen LogP contribution < -0.4 is 10.6 Å². The average molecular weight is 399 g/mol. The number of aryl methyl sites for hydroxylation is 1. The van der Waals surface area contributed by atoms with Crippen molar-refractivity contribution in [2.24, 2.45) is 0 Å². The van der Waals surface area contributed by atoms with E-state index in [4.69, 9.17) is 14.0 Å². The molecule has 0 unspecified atom stereocenters. The summed E-state index contributed by atoms with van der Waals surface area (Å²) in [5.74, 6) is -0.973. The number of esters is 2. The number of nitrogens with one attached hydrogen (secondary N) is 2. The second kappa shape index (κ2) is 8.59. The van der Waals surface area contributed by atoms with E-state index in [9.17, 15) is 14.4 Å². The van der Waals surface area contributed by atoms with E-state index in [-0.39, 0.29) is 30.0 Å². The van der Waals surface area contributed by atoms with E-state index in [1.54, 1.807) is 32.9 Å². The van der Waals surface area contributed by atoms with Crippen molar-refractivity contribution in [1.29, 1.82) is 0 Å². The number of rotatable bonds is 6. The molecule has 1 aromatic carbocycles. The highest BCUT2D eigenvalue weighted by Gasteiger charge is 2.31. The van der Waals surface area contributed by atoms with Crippen LogP contribution in [0.2, 0.25) is 0 Å². The van der Waals surface area contributed by atoms with Gasteiger partial charge in [-0.05, 0) is 20.8 Å². The molecule has 0 fully saturated rings. The molecule has 0 saturated heterocycles. The van der Waals surface area contributed by atoms with Crippen LogP contribution in [0.3, 0.4) is 0 Å². The zero-order valence-electron chi connectivity index (χ0n) is 16.3. The molecule has 9 nitrogen and oxygen atoms in total. The van der Waals surface area contributed by atoms with Crippen LogP contribution in [0.1, 0.15) is 30.0 Å². The van der Waals surface area contributed by atoms with E-state index in [0.717, 1.165) is 0 Å². The van der Waals surface area contributed by atoms with Gasteiger partial charge in [0.15, 0.2) is 0 Å². The van der Waals surface area contributed by atoms with Crippen molar-refractivity contribution in [1.82, 2.24) is 15.8 Å². The maximum atomic E-state index is 12.7. The van der Waals surface area contributed by atoms with Gasteiger partial charge in [-0.2, -0.15) is 0 Å². The molecule has 152 valence electrons. The second-order valence-electron chi connectivity index (χ2n) is 6.34. The van der Waals surface area contributed by atoms with Gasteiger partial charge in [-0.15, -0.1) is 0 Å². The van der Waals surface area contributed by atoms with Crippen LogP contribution in [0.4, 0.5) is 4.79 Å². The third-order valence-corrected chi connectivity index (χ3v) is 4.33. The van der Waals surface area contributed by atoms with Crippen molar-refractivity contribution >= 4 is 18.0 Å². The first-order valence-electron chi connectivity index (χ1n) is 9.08. The number of hydrogen-bond donors (Lipinski definition) is 2. The lowest BCUT2D eigenvalue weighted by Gasteiger charge is -2.26. The standard InChI is InChI=1S/C20H21N3O6/c1-4-27-18(24)15-11(2)21-20(26)22-14(15)10-28-19(25)16-12(3)29-23-17(16)13-8-6-5-7-9-13/h5-9,11H,4,10H2,1-3H3,(H2,21,22,26)/t11-/m0/s1. The van der Waals surface area contributed by atoms with Gasteiger partial charge in [-0.1, -0.05) is 35.5 Å². The number of benzene rings is 1. The predicted octanol–water partition coefficient (Wildman–Crippen LogP) is 2.33. The number of aromatic nitrogens is 1. The van der Waals surface area contributed by atoms with Crippen molar-refractivity contribution in [3.05, 3.63) is 52.9 Å². The second-order valence-corrected chi connectivity index (χ2v) is 6.34. The fourth-order valence-corrected chi connectivity index (χ4v) is 3.01. The van der Waals surface area contributed by atoms with Gasteiger partial charge in [-0.3, -0.25) is 0 Å². The molecule has 2 heterocycles. The molecule has 1 aromatic heterocycles. The Kier molecular flexibility index (Phi) is 5.96. The lowest BCUT2D eigenvalue weighted by molar-refractivity contribution is -0.139. The monoisotopic (exact) mass is 399 g/mol. The maximum absolute atomic E-state index is 12.7. The summed E-state index contributed by atoms with van der Waals surface area (Å²) in [4.78, 5) is 36.8. The van der Waals surface area contributed by atoms with Gasteiger partial charge in [0.1, 0.15) is 23.6 Å². The van der Waals surface area contributed by atoms with Gasteiger partial charge in [0.2, 0.25) is 0 Å². The van der Waals surface area contributed by atoms with E-state index in [1.165, 1.54) is 0 Å². The number of carbonyl (C=O) groups excluding carboxylic acids is 3. The largest absolute Gasteiger partial charge is 0.463 e. The summed E-state index contributed by atoms with van der Waals surface area (Å²) in [5, 5.41) is 9.04. The summed E-state index contributed by atoms with van der Waals surface area (Å²) in [6.45, 7) is 4.79. The Bertz CT molecular complexity index is 964. The smallest absolute Gasteiger partial charge is 0.344 e. The molecule has 1 aliphatic heterocycles. The zero-order chi connectivity index (χ0) is 21.0. The van der Waals surface area contributed by atoms with Crippen molar-refractivity contribution in [2.45, 2.75) is 26.8 Å². The predicted molar refractivity (Wildman–Crippen MR) is 102 cm³/mol. The first kappa shape index (κ1) is 20.1.